The normalized spacial score (nSPS) is 10.2. The van der Waals surface area contributed by atoms with Crippen LogP contribution in [0.3, 0.4) is 0 Å². The Morgan fingerprint density at radius 3 is 2.74 bits per heavy atom. The van der Waals surface area contributed by atoms with Crippen LogP contribution in [0.2, 0.25) is 0 Å². The first-order chi connectivity index (χ1) is 13.3. The van der Waals surface area contributed by atoms with Crippen molar-refractivity contribution in [2.75, 3.05) is 13.1 Å². The Bertz CT molecular complexity index is 939. The van der Waals surface area contributed by atoms with E-state index in [0.717, 1.165) is 30.6 Å². The molecule has 136 valence electrons. The molecule has 1 heterocycles. The molecular weight excluding hydrogens is 338 g/mol. The molecule has 5 nitrogen and oxygen atoms in total. The van der Waals surface area contributed by atoms with Gasteiger partial charge in [0.2, 0.25) is 0 Å². The summed E-state index contributed by atoms with van der Waals surface area (Å²) in [5.41, 5.74) is 2.51. The largest absolute Gasteiger partial charge is 0.478 e. The molecule has 0 unspecified atom stereocenters. The molecule has 0 aliphatic heterocycles. The molecule has 0 spiro atoms. The number of hydrogen-bond acceptors (Lipinski definition) is 3. The van der Waals surface area contributed by atoms with Crippen LogP contribution in [0.1, 0.15) is 22.3 Å². The zero-order valence-electron chi connectivity index (χ0n) is 14.9. The fourth-order valence-corrected chi connectivity index (χ4v) is 2.85. The van der Waals surface area contributed by atoms with E-state index in [-0.39, 0.29) is 5.56 Å². The van der Waals surface area contributed by atoms with Crippen LogP contribution in [0.25, 0.3) is 11.1 Å². The van der Waals surface area contributed by atoms with Gasteiger partial charge < -0.3 is 15.0 Å². The Kier molecular flexibility index (Phi) is 6.40. The van der Waals surface area contributed by atoms with E-state index in [4.69, 9.17) is 0 Å². The molecule has 0 bridgehead atoms. The van der Waals surface area contributed by atoms with Crippen LogP contribution in [0, 0.1) is 11.8 Å². The van der Waals surface area contributed by atoms with Gasteiger partial charge in [-0.05, 0) is 30.7 Å². The second kappa shape index (κ2) is 9.37. The summed E-state index contributed by atoms with van der Waals surface area (Å²) in [6.45, 7) is 2.32. The minimum absolute atomic E-state index is 0.265. The fraction of sp³-hybridized carbons (Fsp3) is 0.182. The number of rotatable bonds is 7. The molecule has 2 aromatic carbocycles. The van der Waals surface area contributed by atoms with Gasteiger partial charge in [-0.25, -0.2) is 9.78 Å². The number of aryl methyl sites for hydroxylation is 1. The van der Waals surface area contributed by atoms with Crippen molar-refractivity contribution in [3.05, 3.63) is 78.4 Å². The van der Waals surface area contributed by atoms with E-state index in [1.165, 1.54) is 0 Å². The van der Waals surface area contributed by atoms with Gasteiger partial charge in [0.1, 0.15) is 0 Å². The van der Waals surface area contributed by atoms with Crippen molar-refractivity contribution < 1.29 is 9.90 Å². The van der Waals surface area contributed by atoms with Gasteiger partial charge in [0.05, 0.1) is 18.4 Å². The second-order valence-corrected chi connectivity index (χ2v) is 6.03. The molecule has 5 heteroatoms. The van der Waals surface area contributed by atoms with E-state index >= 15 is 0 Å². The number of imidazole rings is 1. The Labute approximate surface area is 158 Å². The van der Waals surface area contributed by atoms with Crippen LogP contribution in [-0.2, 0) is 6.54 Å². The van der Waals surface area contributed by atoms with Crippen LogP contribution in [-0.4, -0.2) is 33.7 Å². The number of benzene rings is 2. The first-order valence-corrected chi connectivity index (χ1v) is 8.83. The molecule has 0 amide bonds. The molecule has 3 rings (SSSR count). The van der Waals surface area contributed by atoms with Crippen molar-refractivity contribution in [1.29, 1.82) is 0 Å². The predicted molar refractivity (Wildman–Crippen MR) is 105 cm³/mol. The Morgan fingerprint density at radius 2 is 2.00 bits per heavy atom. The van der Waals surface area contributed by atoms with E-state index < -0.39 is 5.97 Å². The van der Waals surface area contributed by atoms with E-state index in [9.17, 15) is 9.90 Å². The highest BCUT2D eigenvalue weighted by Crippen LogP contribution is 2.27. The zero-order chi connectivity index (χ0) is 18.9. The smallest absolute Gasteiger partial charge is 0.336 e. The van der Waals surface area contributed by atoms with Crippen molar-refractivity contribution in [1.82, 2.24) is 14.9 Å². The van der Waals surface area contributed by atoms with Gasteiger partial charge >= 0.3 is 5.97 Å². The molecule has 0 saturated heterocycles. The Morgan fingerprint density at radius 1 is 1.15 bits per heavy atom. The van der Waals surface area contributed by atoms with E-state index in [2.05, 4.69) is 22.1 Å². The minimum atomic E-state index is -0.949. The maximum atomic E-state index is 11.6. The third kappa shape index (κ3) is 5.06. The highest BCUT2D eigenvalue weighted by Gasteiger charge is 2.14. The molecule has 1 aromatic heterocycles. The Hall–Kier alpha value is -3.36. The first-order valence-electron chi connectivity index (χ1n) is 8.83. The summed E-state index contributed by atoms with van der Waals surface area (Å²) in [7, 11) is 0. The summed E-state index contributed by atoms with van der Waals surface area (Å²) >= 11 is 0. The average molecular weight is 359 g/mol. The standard InChI is InChI=1S/C22H21N3O2/c26-22(27)20-11-4-9-19(21(20)18-7-2-1-3-8-18)10-5-12-23-13-6-15-25-16-14-24-17-25/h1-4,7-9,11,14,16-17,23H,6,12-13,15H2,(H,26,27). The molecule has 0 aliphatic carbocycles. The topological polar surface area (TPSA) is 67.2 Å². The first kappa shape index (κ1) is 18.4. The summed E-state index contributed by atoms with van der Waals surface area (Å²) in [6, 6.07) is 14.7. The van der Waals surface area contributed by atoms with Gasteiger partial charge in [-0.2, -0.15) is 0 Å². The van der Waals surface area contributed by atoms with Crippen LogP contribution >= 0.6 is 0 Å². The third-order valence-electron chi connectivity index (χ3n) is 4.12. The maximum Gasteiger partial charge on any atom is 0.336 e. The summed E-state index contributed by atoms with van der Waals surface area (Å²) in [6.07, 6.45) is 6.51. The second-order valence-electron chi connectivity index (χ2n) is 6.03. The van der Waals surface area contributed by atoms with Crippen LogP contribution < -0.4 is 5.32 Å². The van der Waals surface area contributed by atoms with Gasteiger partial charge in [-0.1, -0.05) is 48.2 Å². The van der Waals surface area contributed by atoms with Crippen LogP contribution in [0.5, 0.6) is 0 Å². The van der Waals surface area contributed by atoms with Gasteiger partial charge in [0, 0.05) is 30.1 Å². The number of aromatic nitrogens is 2. The molecular formula is C22H21N3O2. The summed E-state index contributed by atoms with van der Waals surface area (Å²) in [5, 5.41) is 12.8. The van der Waals surface area contributed by atoms with E-state index in [1.54, 1.807) is 24.7 Å². The van der Waals surface area contributed by atoms with Crippen molar-refractivity contribution >= 4 is 5.97 Å². The zero-order valence-corrected chi connectivity index (χ0v) is 14.9. The lowest BCUT2D eigenvalue weighted by atomic mass is 9.94. The fourth-order valence-electron chi connectivity index (χ4n) is 2.85. The van der Waals surface area contributed by atoms with Crippen LogP contribution in [0.15, 0.2) is 67.3 Å². The number of hydrogen-bond donors (Lipinski definition) is 2. The lowest BCUT2D eigenvalue weighted by molar-refractivity contribution is 0.0697. The summed E-state index contributed by atoms with van der Waals surface area (Å²) < 4.78 is 2.04. The molecule has 0 saturated carbocycles. The molecule has 27 heavy (non-hydrogen) atoms. The van der Waals surface area contributed by atoms with Gasteiger partial charge in [0.25, 0.3) is 0 Å². The maximum absolute atomic E-state index is 11.6. The third-order valence-corrected chi connectivity index (χ3v) is 4.12. The average Bonchev–Trinajstić information content (AvgIpc) is 3.21. The van der Waals surface area contributed by atoms with Crippen molar-refractivity contribution in [2.24, 2.45) is 0 Å². The number of carboxylic acid groups (broad SMARTS) is 1. The van der Waals surface area contributed by atoms with Crippen molar-refractivity contribution in [3.63, 3.8) is 0 Å². The van der Waals surface area contributed by atoms with Crippen molar-refractivity contribution in [3.8, 4) is 23.0 Å². The molecule has 0 radical (unpaired) electrons. The SMILES string of the molecule is O=C(O)c1cccc(C#CCNCCCn2ccnc2)c1-c1ccccc1. The summed E-state index contributed by atoms with van der Waals surface area (Å²) in [5.74, 6) is 5.27. The highest BCUT2D eigenvalue weighted by atomic mass is 16.4. The molecule has 0 aliphatic rings. The molecule has 0 fully saturated rings. The number of carboxylic acids is 1. The monoisotopic (exact) mass is 359 g/mol. The number of nitrogens with one attached hydrogen (secondary N) is 1. The lowest BCUT2D eigenvalue weighted by Gasteiger charge is -2.09. The minimum Gasteiger partial charge on any atom is -0.478 e. The number of carbonyl (C=O) groups is 1. The molecule has 2 N–H and O–H groups in total. The lowest BCUT2D eigenvalue weighted by Crippen LogP contribution is -2.16. The highest BCUT2D eigenvalue weighted by molar-refractivity contribution is 5.97. The quantitative estimate of drug-likeness (QED) is 0.502. The molecule has 0 atom stereocenters. The van der Waals surface area contributed by atoms with Gasteiger partial charge in [-0.15, -0.1) is 0 Å². The molecule has 3 aromatic rings. The van der Waals surface area contributed by atoms with E-state index in [0.29, 0.717) is 12.1 Å². The Balaban J connectivity index is 1.66. The predicted octanol–water partition coefficient (Wildman–Crippen LogP) is 3.28. The summed E-state index contributed by atoms with van der Waals surface area (Å²) in [4.78, 5) is 15.6. The number of aromatic carboxylic acids is 1. The number of nitrogens with zero attached hydrogens (tertiary/aromatic N) is 2. The van der Waals surface area contributed by atoms with Gasteiger partial charge in [0.15, 0.2) is 0 Å². The van der Waals surface area contributed by atoms with Gasteiger partial charge in [-0.3, -0.25) is 0 Å². The van der Waals surface area contributed by atoms with Crippen LogP contribution in [0.4, 0.5) is 0 Å². The van der Waals surface area contributed by atoms with Crippen molar-refractivity contribution in [2.45, 2.75) is 13.0 Å². The van der Waals surface area contributed by atoms with E-state index in [1.807, 2.05) is 47.2 Å².